The molecule has 1 aromatic heterocycles. The standard InChI is InChI=1S/C16H14N2O2/c19-15-10-11-16(20)18(15)14-8-6-13(7-9-14)17-12-4-2-1-3-5-12/h1-11,17,19-20H. The highest BCUT2D eigenvalue weighted by molar-refractivity contribution is 5.61. The van der Waals surface area contributed by atoms with Gasteiger partial charge in [0.2, 0.25) is 0 Å². The van der Waals surface area contributed by atoms with Crippen LogP contribution in [-0.2, 0) is 0 Å². The molecule has 3 aromatic rings. The number of nitrogens with zero attached hydrogens (tertiary/aromatic N) is 1. The van der Waals surface area contributed by atoms with Crippen LogP contribution < -0.4 is 5.32 Å². The molecule has 100 valence electrons. The average molecular weight is 266 g/mol. The van der Waals surface area contributed by atoms with Crippen molar-refractivity contribution in [3.05, 3.63) is 66.7 Å². The molecule has 0 unspecified atom stereocenters. The van der Waals surface area contributed by atoms with Crippen LogP contribution in [0.4, 0.5) is 11.4 Å². The van der Waals surface area contributed by atoms with Crippen LogP contribution in [0.2, 0.25) is 0 Å². The molecular weight excluding hydrogens is 252 g/mol. The molecule has 3 rings (SSSR count). The quantitative estimate of drug-likeness (QED) is 0.678. The first-order chi connectivity index (χ1) is 9.74. The maximum absolute atomic E-state index is 9.68. The van der Waals surface area contributed by atoms with Gasteiger partial charge in [0.1, 0.15) is 0 Å². The summed E-state index contributed by atoms with van der Waals surface area (Å²) in [5.74, 6) is 0.0116. The van der Waals surface area contributed by atoms with Crippen molar-refractivity contribution in [3.63, 3.8) is 0 Å². The van der Waals surface area contributed by atoms with Gasteiger partial charge in [0.25, 0.3) is 0 Å². The number of hydrogen-bond donors (Lipinski definition) is 3. The summed E-state index contributed by atoms with van der Waals surface area (Å²) in [6.45, 7) is 0. The van der Waals surface area contributed by atoms with Gasteiger partial charge in [0.15, 0.2) is 11.8 Å². The molecule has 0 saturated carbocycles. The van der Waals surface area contributed by atoms with E-state index in [4.69, 9.17) is 0 Å². The Kier molecular flexibility index (Phi) is 3.05. The smallest absolute Gasteiger partial charge is 0.198 e. The Labute approximate surface area is 116 Å². The van der Waals surface area contributed by atoms with Gasteiger partial charge in [0.05, 0.1) is 5.69 Å². The molecule has 20 heavy (non-hydrogen) atoms. The van der Waals surface area contributed by atoms with E-state index < -0.39 is 0 Å². The van der Waals surface area contributed by atoms with Crippen LogP contribution in [0, 0.1) is 0 Å². The van der Waals surface area contributed by atoms with Crippen LogP contribution >= 0.6 is 0 Å². The summed E-state index contributed by atoms with van der Waals surface area (Å²) in [4.78, 5) is 0. The summed E-state index contributed by atoms with van der Waals surface area (Å²) < 4.78 is 1.37. The number of aromatic nitrogens is 1. The lowest BCUT2D eigenvalue weighted by Gasteiger charge is -2.09. The van der Waals surface area contributed by atoms with Crippen LogP contribution in [0.5, 0.6) is 11.8 Å². The topological polar surface area (TPSA) is 57.4 Å². The average Bonchev–Trinajstić information content (AvgIpc) is 2.81. The summed E-state index contributed by atoms with van der Waals surface area (Å²) in [5.41, 5.74) is 2.64. The Bertz CT molecular complexity index is 684. The third-order valence-electron chi connectivity index (χ3n) is 3.03. The molecule has 0 spiro atoms. The van der Waals surface area contributed by atoms with E-state index in [0.29, 0.717) is 5.69 Å². The van der Waals surface area contributed by atoms with E-state index in [2.05, 4.69) is 5.32 Å². The number of anilines is 2. The van der Waals surface area contributed by atoms with Crippen molar-refractivity contribution in [1.82, 2.24) is 4.57 Å². The van der Waals surface area contributed by atoms with Crippen molar-refractivity contribution in [2.45, 2.75) is 0 Å². The Morgan fingerprint density at radius 3 is 1.80 bits per heavy atom. The third-order valence-corrected chi connectivity index (χ3v) is 3.03. The molecular formula is C16H14N2O2. The van der Waals surface area contributed by atoms with Crippen molar-refractivity contribution < 1.29 is 10.2 Å². The number of hydrogen-bond acceptors (Lipinski definition) is 3. The highest BCUT2D eigenvalue weighted by Gasteiger charge is 2.07. The van der Waals surface area contributed by atoms with E-state index in [0.717, 1.165) is 11.4 Å². The number of aromatic hydroxyl groups is 2. The molecule has 4 nitrogen and oxygen atoms in total. The highest BCUT2D eigenvalue weighted by Crippen LogP contribution is 2.27. The summed E-state index contributed by atoms with van der Waals surface area (Å²) in [5, 5.41) is 22.6. The van der Waals surface area contributed by atoms with Gasteiger partial charge in [-0.2, -0.15) is 0 Å². The molecule has 0 aliphatic heterocycles. The molecule has 1 heterocycles. The van der Waals surface area contributed by atoms with Gasteiger partial charge in [-0.1, -0.05) is 18.2 Å². The van der Waals surface area contributed by atoms with Gasteiger partial charge in [0, 0.05) is 23.5 Å². The number of rotatable bonds is 3. The summed E-state index contributed by atoms with van der Waals surface area (Å²) in [6.07, 6.45) is 0. The monoisotopic (exact) mass is 266 g/mol. The van der Waals surface area contributed by atoms with Crippen molar-refractivity contribution in [3.8, 4) is 17.4 Å². The number of benzene rings is 2. The first-order valence-electron chi connectivity index (χ1n) is 6.26. The number of nitrogens with one attached hydrogen (secondary N) is 1. The van der Waals surface area contributed by atoms with E-state index in [1.807, 2.05) is 54.6 Å². The van der Waals surface area contributed by atoms with Crippen LogP contribution in [0.3, 0.4) is 0 Å². The summed E-state index contributed by atoms with van der Waals surface area (Å²) in [7, 11) is 0. The van der Waals surface area contributed by atoms with E-state index in [-0.39, 0.29) is 11.8 Å². The predicted octanol–water partition coefficient (Wildman–Crippen LogP) is 3.63. The maximum atomic E-state index is 9.68. The van der Waals surface area contributed by atoms with Gasteiger partial charge in [-0.3, -0.25) is 4.57 Å². The van der Waals surface area contributed by atoms with Gasteiger partial charge in [-0.15, -0.1) is 0 Å². The second-order valence-electron chi connectivity index (χ2n) is 4.42. The van der Waals surface area contributed by atoms with Crippen LogP contribution in [0.25, 0.3) is 5.69 Å². The lowest BCUT2D eigenvalue weighted by atomic mass is 10.2. The van der Waals surface area contributed by atoms with Gasteiger partial charge < -0.3 is 15.5 Å². The maximum Gasteiger partial charge on any atom is 0.198 e. The minimum Gasteiger partial charge on any atom is -0.494 e. The normalized spacial score (nSPS) is 10.4. The molecule has 3 N–H and O–H groups in total. The Hall–Kier alpha value is -2.88. The number of para-hydroxylation sites is 1. The fraction of sp³-hybridized carbons (Fsp3) is 0. The van der Waals surface area contributed by atoms with E-state index in [9.17, 15) is 10.2 Å². The Morgan fingerprint density at radius 2 is 1.20 bits per heavy atom. The molecule has 0 aliphatic rings. The zero-order valence-electron chi connectivity index (χ0n) is 10.7. The van der Waals surface area contributed by atoms with Crippen LogP contribution in [-0.4, -0.2) is 14.8 Å². The largest absolute Gasteiger partial charge is 0.494 e. The molecule has 4 heteroatoms. The molecule has 0 fully saturated rings. The van der Waals surface area contributed by atoms with Crippen molar-refractivity contribution in [2.75, 3.05) is 5.32 Å². The first-order valence-corrected chi connectivity index (χ1v) is 6.26. The van der Waals surface area contributed by atoms with Crippen LogP contribution in [0.1, 0.15) is 0 Å². The molecule has 0 bridgehead atoms. The SMILES string of the molecule is Oc1ccc(O)n1-c1ccc(Nc2ccccc2)cc1. The van der Waals surface area contributed by atoms with E-state index in [1.54, 1.807) is 0 Å². The van der Waals surface area contributed by atoms with Gasteiger partial charge in [-0.25, -0.2) is 0 Å². The third kappa shape index (κ3) is 2.31. The fourth-order valence-electron chi connectivity index (χ4n) is 2.06. The summed E-state index contributed by atoms with van der Waals surface area (Å²) in [6, 6.07) is 20.2. The van der Waals surface area contributed by atoms with Gasteiger partial charge >= 0.3 is 0 Å². The molecule has 0 radical (unpaired) electrons. The van der Waals surface area contributed by atoms with E-state index in [1.165, 1.54) is 16.7 Å². The van der Waals surface area contributed by atoms with Crippen molar-refractivity contribution in [1.29, 1.82) is 0 Å². The van der Waals surface area contributed by atoms with Crippen molar-refractivity contribution in [2.24, 2.45) is 0 Å². The zero-order chi connectivity index (χ0) is 13.9. The lowest BCUT2D eigenvalue weighted by Crippen LogP contribution is -1.94. The van der Waals surface area contributed by atoms with E-state index >= 15 is 0 Å². The molecule has 0 aliphatic carbocycles. The molecule has 0 saturated heterocycles. The van der Waals surface area contributed by atoms with Crippen molar-refractivity contribution >= 4 is 11.4 Å². The second kappa shape index (κ2) is 5.01. The fourth-order valence-corrected chi connectivity index (χ4v) is 2.06. The Morgan fingerprint density at radius 1 is 0.650 bits per heavy atom. The first kappa shape index (κ1) is 12.2. The lowest BCUT2D eigenvalue weighted by molar-refractivity contribution is 0.402. The Balaban J connectivity index is 1.85. The minimum absolute atomic E-state index is 0.00580. The minimum atomic E-state index is 0.00580. The van der Waals surface area contributed by atoms with Gasteiger partial charge in [-0.05, 0) is 36.4 Å². The zero-order valence-corrected chi connectivity index (χ0v) is 10.7. The second-order valence-corrected chi connectivity index (χ2v) is 4.42. The summed E-state index contributed by atoms with van der Waals surface area (Å²) >= 11 is 0. The molecule has 2 aromatic carbocycles. The van der Waals surface area contributed by atoms with Crippen LogP contribution in [0.15, 0.2) is 66.7 Å². The predicted molar refractivity (Wildman–Crippen MR) is 78.8 cm³/mol. The highest BCUT2D eigenvalue weighted by atomic mass is 16.3. The molecule has 0 amide bonds. The molecule has 0 atom stereocenters.